The van der Waals surface area contributed by atoms with E-state index in [9.17, 15) is 22.0 Å². The average Bonchev–Trinajstić information content (AvgIpc) is 2.58. The molecule has 0 saturated heterocycles. The lowest BCUT2D eigenvalue weighted by molar-refractivity contribution is -0.164. The van der Waals surface area contributed by atoms with Gasteiger partial charge in [0.15, 0.2) is 0 Å². The third-order valence-electron chi connectivity index (χ3n) is 5.77. The maximum absolute atomic E-state index is 13.5. The number of rotatable bonds is 5. The Morgan fingerprint density at radius 2 is 1.93 bits per heavy atom. The SMILES string of the molecule is Cc1ccc(C23CCCC(=CC(C)(COC(=O)C(F)(F)S(=O)(=O)O)C2)C3)cc1. The Morgan fingerprint density at radius 3 is 2.54 bits per heavy atom. The predicted molar refractivity (Wildman–Crippen MR) is 99.6 cm³/mol. The number of carbonyl (C=O) groups excluding carboxylic acids is 1. The van der Waals surface area contributed by atoms with E-state index in [0.717, 1.165) is 31.2 Å². The van der Waals surface area contributed by atoms with Gasteiger partial charge >= 0.3 is 21.3 Å². The molecule has 2 atom stereocenters. The van der Waals surface area contributed by atoms with E-state index in [1.807, 2.05) is 32.1 Å². The highest BCUT2D eigenvalue weighted by molar-refractivity contribution is 7.87. The molecule has 154 valence electrons. The van der Waals surface area contributed by atoms with Crippen LogP contribution < -0.4 is 0 Å². The highest BCUT2D eigenvalue weighted by Gasteiger charge is 2.55. The van der Waals surface area contributed by atoms with Gasteiger partial charge in [-0.15, -0.1) is 0 Å². The molecule has 0 amide bonds. The molecule has 0 aliphatic heterocycles. The molecule has 8 heteroatoms. The average molecular weight is 414 g/mol. The summed E-state index contributed by atoms with van der Waals surface area (Å²) in [5.74, 6) is -2.25. The molecule has 0 heterocycles. The highest BCUT2D eigenvalue weighted by atomic mass is 32.2. The Balaban J connectivity index is 1.84. The number of allylic oxidation sites excluding steroid dienone is 1. The number of ether oxygens (including phenoxy) is 1. The van der Waals surface area contributed by atoms with Crippen LogP contribution in [0.3, 0.4) is 0 Å². The third-order valence-corrected chi connectivity index (χ3v) is 6.59. The van der Waals surface area contributed by atoms with Gasteiger partial charge in [-0.1, -0.05) is 48.4 Å². The van der Waals surface area contributed by atoms with Crippen LogP contribution in [0.5, 0.6) is 0 Å². The smallest absolute Gasteiger partial charge is 0.459 e. The molecule has 1 fully saturated rings. The molecule has 0 radical (unpaired) electrons. The van der Waals surface area contributed by atoms with Crippen LogP contribution in [0.25, 0.3) is 0 Å². The summed E-state index contributed by atoms with van der Waals surface area (Å²) in [5.41, 5.74) is 2.64. The van der Waals surface area contributed by atoms with E-state index < -0.39 is 26.8 Å². The molecule has 0 aromatic heterocycles. The lowest BCUT2D eigenvalue weighted by Gasteiger charge is -2.48. The number of hydrogen-bond acceptors (Lipinski definition) is 4. The fourth-order valence-electron chi connectivity index (χ4n) is 4.62. The molecular formula is C20H24F2O5S. The first-order valence-corrected chi connectivity index (χ1v) is 10.6. The van der Waals surface area contributed by atoms with E-state index in [1.54, 1.807) is 0 Å². The number of hydrogen-bond donors (Lipinski definition) is 1. The van der Waals surface area contributed by atoms with E-state index in [1.165, 1.54) is 11.1 Å². The van der Waals surface area contributed by atoms with Crippen molar-refractivity contribution in [2.24, 2.45) is 5.41 Å². The van der Waals surface area contributed by atoms with Gasteiger partial charge in [-0.2, -0.15) is 17.2 Å². The van der Waals surface area contributed by atoms with Crippen LogP contribution in [0.2, 0.25) is 0 Å². The van der Waals surface area contributed by atoms with E-state index in [2.05, 4.69) is 16.9 Å². The first kappa shape index (κ1) is 20.9. The van der Waals surface area contributed by atoms with Gasteiger partial charge in [0.05, 0.1) is 0 Å². The fraction of sp³-hybridized carbons (Fsp3) is 0.550. The number of fused-ring (bicyclic) bond motifs is 2. The van der Waals surface area contributed by atoms with E-state index >= 15 is 0 Å². The Bertz CT molecular complexity index is 907. The topological polar surface area (TPSA) is 80.7 Å². The maximum atomic E-state index is 13.5. The van der Waals surface area contributed by atoms with Crippen LogP contribution in [0.15, 0.2) is 35.9 Å². The van der Waals surface area contributed by atoms with Crippen molar-refractivity contribution in [3.8, 4) is 0 Å². The Kier molecular flexibility index (Phi) is 5.17. The fourth-order valence-corrected chi connectivity index (χ4v) is 4.89. The Hall–Kier alpha value is -1.80. The van der Waals surface area contributed by atoms with Crippen molar-refractivity contribution in [1.29, 1.82) is 0 Å². The first-order chi connectivity index (χ1) is 12.9. The number of benzene rings is 1. The zero-order valence-electron chi connectivity index (χ0n) is 15.9. The Morgan fingerprint density at radius 1 is 1.29 bits per heavy atom. The van der Waals surface area contributed by atoms with Crippen LogP contribution in [0.1, 0.15) is 50.2 Å². The quantitative estimate of drug-likeness (QED) is 0.444. The molecule has 0 spiro atoms. The molecule has 2 aliphatic rings. The minimum absolute atomic E-state index is 0.164. The monoisotopic (exact) mass is 414 g/mol. The van der Waals surface area contributed by atoms with Crippen LogP contribution in [0, 0.1) is 12.3 Å². The normalized spacial score (nSPS) is 27.8. The number of aryl methyl sites for hydroxylation is 1. The summed E-state index contributed by atoms with van der Waals surface area (Å²) in [6, 6.07) is 8.26. The van der Waals surface area contributed by atoms with Gasteiger partial charge in [0.1, 0.15) is 6.61 Å². The number of esters is 1. The summed E-state index contributed by atoms with van der Waals surface area (Å²) in [7, 11) is -5.87. The predicted octanol–water partition coefficient (Wildman–Crippen LogP) is 4.17. The van der Waals surface area contributed by atoms with Crippen molar-refractivity contribution < 1.29 is 31.3 Å². The highest BCUT2D eigenvalue weighted by Crippen LogP contribution is 2.53. The van der Waals surface area contributed by atoms with E-state index in [0.29, 0.717) is 6.42 Å². The molecule has 2 unspecified atom stereocenters. The summed E-state index contributed by atoms with van der Waals surface area (Å²) >= 11 is 0. The maximum Gasteiger partial charge on any atom is 0.465 e. The molecule has 3 rings (SSSR count). The van der Waals surface area contributed by atoms with E-state index in [-0.39, 0.29) is 12.0 Å². The summed E-state index contributed by atoms with van der Waals surface area (Å²) in [6.07, 6.45) is 6.31. The summed E-state index contributed by atoms with van der Waals surface area (Å²) < 4.78 is 61.7. The second-order valence-corrected chi connectivity index (χ2v) is 9.84. The van der Waals surface area contributed by atoms with Gasteiger partial charge in [-0.05, 0) is 50.0 Å². The molecular weight excluding hydrogens is 390 g/mol. The molecule has 1 aromatic carbocycles. The van der Waals surface area contributed by atoms with E-state index in [4.69, 9.17) is 4.55 Å². The number of carbonyl (C=O) groups is 1. The third kappa shape index (κ3) is 3.85. The lowest BCUT2D eigenvalue weighted by atomic mass is 9.56. The van der Waals surface area contributed by atoms with Crippen LogP contribution >= 0.6 is 0 Å². The molecule has 28 heavy (non-hydrogen) atoms. The van der Waals surface area contributed by atoms with Crippen molar-refractivity contribution in [3.05, 3.63) is 47.0 Å². The van der Waals surface area contributed by atoms with Gasteiger partial charge in [0, 0.05) is 5.41 Å². The van der Waals surface area contributed by atoms with Gasteiger partial charge < -0.3 is 4.74 Å². The number of halogens is 2. The van der Waals surface area contributed by atoms with Gasteiger partial charge in [-0.25, -0.2) is 4.79 Å². The van der Waals surface area contributed by atoms with Crippen LogP contribution in [-0.4, -0.2) is 30.8 Å². The second kappa shape index (κ2) is 6.91. The van der Waals surface area contributed by atoms with Crippen molar-refractivity contribution in [3.63, 3.8) is 0 Å². The van der Waals surface area contributed by atoms with Crippen molar-refractivity contribution >= 4 is 16.1 Å². The molecule has 1 aromatic rings. The standard InChI is InChI=1S/C20H24F2O5S/c1-14-5-7-16(8-6-14)19-9-3-4-15(11-19)10-18(2,12-19)13-27-17(23)20(21,22)28(24,25)26/h5-8,10H,3-4,9,11-13H2,1-2H3,(H,24,25,26). The molecule has 1 N–H and O–H groups in total. The zero-order chi connectivity index (χ0) is 20.8. The zero-order valence-corrected chi connectivity index (χ0v) is 16.7. The number of alkyl halides is 2. The van der Waals surface area contributed by atoms with Crippen molar-refractivity contribution in [2.45, 2.75) is 56.6 Å². The first-order valence-electron chi connectivity index (χ1n) is 9.17. The minimum atomic E-state index is -5.87. The molecule has 2 aliphatic carbocycles. The van der Waals surface area contributed by atoms with Gasteiger partial charge in [0.25, 0.3) is 0 Å². The Labute approximate surface area is 163 Å². The molecule has 5 nitrogen and oxygen atoms in total. The van der Waals surface area contributed by atoms with Crippen molar-refractivity contribution in [2.75, 3.05) is 6.61 Å². The van der Waals surface area contributed by atoms with Gasteiger partial charge in [0.2, 0.25) is 0 Å². The van der Waals surface area contributed by atoms with Crippen molar-refractivity contribution in [1.82, 2.24) is 0 Å². The van der Waals surface area contributed by atoms with Crippen LogP contribution in [-0.2, 0) is 25.1 Å². The summed E-state index contributed by atoms with van der Waals surface area (Å²) in [4.78, 5) is 11.6. The summed E-state index contributed by atoms with van der Waals surface area (Å²) in [5, 5.41) is -4.98. The summed E-state index contributed by atoms with van der Waals surface area (Å²) in [6.45, 7) is 3.45. The largest absolute Gasteiger partial charge is 0.465 e. The molecule has 1 saturated carbocycles. The second-order valence-electron chi connectivity index (χ2n) is 8.38. The lowest BCUT2D eigenvalue weighted by Crippen LogP contribution is -2.44. The van der Waals surface area contributed by atoms with Gasteiger partial charge in [-0.3, -0.25) is 4.55 Å². The minimum Gasteiger partial charge on any atom is -0.459 e. The van der Waals surface area contributed by atoms with Crippen LogP contribution in [0.4, 0.5) is 8.78 Å². The molecule has 2 bridgehead atoms.